The van der Waals surface area contributed by atoms with Crippen LogP contribution in [0, 0.1) is 0 Å². The number of aromatic nitrogens is 5. The zero-order valence-electron chi connectivity index (χ0n) is 14.6. The summed E-state index contributed by atoms with van der Waals surface area (Å²) in [4.78, 5) is 14.8. The van der Waals surface area contributed by atoms with E-state index in [2.05, 4.69) is 15.2 Å². The molecule has 0 aliphatic carbocycles. The molecule has 0 saturated carbocycles. The highest BCUT2D eigenvalue weighted by Gasteiger charge is 2.12. The van der Waals surface area contributed by atoms with Crippen LogP contribution in [0.25, 0.3) is 27.7 Å². The fourth-order valence-corrected chi connectivity index (χ4v) is 3.55. The lowest BCUT2D eigenvalue weighted by molar-refractivity contribution is 0.844. The average Bonchev–Trinajstić information content (AvgIpc) is 3.11. The summed E-state index contributed by atoms with van der Waals surface area (Å²) in [5.41, 5.74) is 3.26. The maximum Gasteiger partial charge on any atom is 0.255 e. The van der Waals surface area contributed by atoms with Crippen molar-refractivity contribution in [3.8, 4) is 11.3 Å². The highest BCUT2D eigenvalue weighted by molar-refractivity contribution is 6.30. The van der Waals surface area contributed by atoms with Gasteiger partial charge in [0.2, 0.25) is 0 Å². The summed E-state index contributed by atoms with van der Waals surface area (Å²) in [6.07, 6.45) is 2.17. The lowest BCUT2D eigenvalue weighted by Crippen LogP contribution is -2.06. The van der Waals surface area contributed by atoms with Gasteiger partial charge in [-0.25, -0.2) is 0 Å². The predicted molar refractivity (Wildman–Crippen MR) is 109 cm³/mol. The number of halogens is 1. The summed E-state index contributed by atoms with van der Waals surface area (Å²) in [6, 6.07) is 18.9. The normalized spacial score (nSPS) is 11.3. The highest BCUT2D eigenvalue weighted by Crippen LogP contribution is 2.22. The topological polar surface area (TPSA) is 75.9 Å². The molecule has 0 radical (unpaired) electrons. The van der Waals surface area contributed by atoms with E-state index in [1.807, 2.05) is 60.7 Å². The molecule has 0 unspecified atom stereocenters. The van der Waals surface area contributed by atoms with E-state index in [1.54, 1.807) is 10.7 Å². The second-order valence-corrected chi connectivity index (χ2v) is 6.91. The average molecular weight is 388 g/mol. The minimum absolute atomic E-state index is 0.105. The van der Waals surface area contributed by atoms with Gasteiger partial charge in [0.15, 0.2) is 11.5 Å². The molecule has 5 aromatic rings. The maximum absolute atomic E-state index is 12.1. The van der Waals surface area contributed by atoms with Crippen molar-refractivity contribution in [2.24, 2.45) is 0 Å². The van der Waals surface area contributed by atoms with Crippen molar-refractivity contribution in [2.45, 2.75) is 6.42 Å². The highest BCUT2D eigenvalue weighted by atomic mass is 35.5. The van der Waals surface area contributed by atoms with Crippen molar-refractivity contribution < 1.29 is 0 Å². The van der Waals surface area contributed by atoms with Crippen LogP contribution in [-0.4, -0.2) is 24.8 Å². The number of fused-ring (bicyclic) bond motifs is 2. The molecule has 5 rings (SSSR count). The third kappa shape index (κ3) is 2.84. The van der Waals surface area contributed by atoms with Crippen LogP contribution in [-0.2, 0) is 6.42 Å². The maximum atomic E-state index is 12.1. The standard InChI is InChI=1S/C21H14ClN5O/c22-15-5-1-4-14(11-15)18-7-8-19-24-25-20(27(19)26-18)12-13-3-2-6-17-16(13)9-10-23-21(17)28/h1-11H,12H2,(H,23,28). The number of H-pyrrole nitrogens is 1. The van der Waals surface area contributed by atoms with Gasteiger partial charge >= 0.3 is 0 Å². The second kappa shape index (κ2) is 6.58. The Balaban J connectivity index is 1.62. The van der Waals surface area contributed by atoms with E-state index in [9.17, 15) is 4.79 Å². The molecule has 6 nitrogen and oxygen atoms in total. The van der Waals surface area contributed by atoms with E-state index in [4.69, 9.17) is 16.7 Å². The van der Waals surface area contributed by atoms with Gasteiger partial charge in [-0.2, -0.15) is 9.61 Å². The molecule has 2 aromatic carbocycles. The minimum Gasteiger partial charge on any atom is -0.329 e. The summed E-state index contributed by atoms with van der Waals surface area (Å²) in [5, 5.41) is 15.4. The van der Waals surface area contributed by atoms with Gasteiger partial charge in [0.25, 0.3) is 5.56 Å². The number of nitrogens with zero attached hydrogens (tertiary/aromatic N) is 4. The molecule has 1 N–H and O–H groups in total. The quantitative estimate of drug-likeness (QED) is 0.509. The Kier molecular flexibility index (Phi) is 3.91. The van der Waals surface area contributed by atoms with Crippen molar-refractivity contribution in [2.75, 3.05) is 0 Å². The Morgan fingerprint density at radius 3 is 2.75 bits per heavy atom. The van der Waals surface area contributed by atoms with Gasteiger partial charge < -0.3 is 4.98 Å². The van der Waals surface area contributed by atoms with E-state index in [-0.39, 0.29) is 5.56 Å². The lowest BCUT2D eigenvalue weighted by Gasteiger charge is -2.06. The van der Waals surface area contributed by atoms with Crippen LogP contribution < -0.4 is 5.56 Å². The zero-order chi connectivity index (χ0) is 19.1. The van der Waals surface area contributed by atoms with Gasteiger partial charge in [-0.05, 0) is 47.3 Å². The zero-order valence-corrected chi connectivity index (χ0v) is 15.4. The molecule has 3 aromatic heterocycles. The predicted octanol–water partition coefficient (Wildman–Crippen LogP) is 3.88. The largest absolute Gasteiger partial charge is 0.329 e. The number of hydrogen-bond acceptors (Lipinski definition) is 4. The van der Waals surface area contributed by atoms with E-state index in [0.717, 1.165) is 22.2 Å². The molecule has 0 saturated heterocycles. The van der Waals surface area contributed by atoms with Crippen molar-refractivity contribution in [1.29, 1.82) is 0 Å². The van der Waals surface area contributed by atoms with Crippen LogP contribution in [0.4, 0.5) is 0 Å². The van der Waals surface area contributed by atoms with E-state index in [0.29, 0.717) is 28.3 Å². The molecule has 0 aliphatic rings. The van der Waals surface area contributed by atoms with Crippen molar-refractivity contribution in [1.82, 2.24) is 24.8 Å². The van der Waals surface area contributed by atoms with Crippen LogP contribution in [0.15, 0.2) is 71.7 Å². The van der Waals surface area contributed by atoms with Gasteiger partial charge in [-0.3, -0.25) is 4.79 Å². The van der Waals surface area contributed by atoms with E-state index >= 15 is 0 Å². The Hall–Kier alpha value is -3.51. The molecule has 7 heteroatoms. The fourth-order valence-electron chi connectivity index (χ4n) is 3.36. The van der Waals surface area contributed by atoms with E-state index < -0.39 is 0 Å². The number of benzene rings is 2. The SMILES string of the molecule is O=c1[nH]ccc2c(Cc3nnc4ccc(-c5cccc(Cl)c5)nn34)cccc12. The van der Waals surface area contributed by atoms with Crippen LogP contribution in [0.1, 0.15) is 11.4 Å². The van der Waals surface area contributed by atoms with Crippen molar-refractivity contribution in [3.63, 3.8) is 0 Å². The van der Waals surface area contributed by atoms with Gasteiger partial charge in [0, 0.05) is 28.6 Å². The van der Waals surface area contributed by atoms with Crippen LogP contribution in [0.3, 0.4) is 0 Å². The van der Waals surface area contributed by atoms with Gasteiger partial charge in [0.1, 0.15) is 0 Å². The molecule has 136 valence electrons. The lowest BCUT2D eigenvalue weighted by atomic mass is 10.0. The Morgan fingerprint density at radius 1 is 0.964 bits per heavy atom. The van der Waals surface area contributed by atoms with Crippen LogP contribution >= 0.6 is 11.6 Å². The molecule has 0 aliphatic heterocycles. The summed E-state index contributed by atoms with van der Waals surface area (Å²) in [6.45, 7) is 0. The summed E-state index contributed by atoms with van der Waals surface area (Å²) >= 11 is 6.11. The molecule has 0 spiro atoms. The molecule has 0 bridgehead atoms. The third-order valence-electron chi connectivity index (χ3n) is 4.70. The Labute approximate surface area is 164 Å². The van der Waals surface area contributed by atoms with Crippen molar-refractivity contribution >= 4 is 28.0 Å². The first-order valence-corrected chi connectivity index (χ1v) is 9.13. The smallest absolute Gasteiger partial charge is 0.255 e. The molecule has 0 amide bonds. The number of pyridine rings is 1. The number of rotatable bonds is 3. The molecular weight excluding hydrogens is 374 g/mol. The van der Waals surface area contributed by atoms with Crippen molar-refractivity contribution in [3.05, 3.63) is 93.6 Å². The summed E-state index contributed by atoms with van der Waals surface area (Å²) in [7, 11) is 0. The Bertz CT molecular complexity index is 1390. The number of nitrogens with one attached hydrogen (secondary N) is 1. The number of hydrogen-bond donors (Lipinski definition) is 1. The number of aromatic amines is 1. The van der Waals surface area contributed by atoms with Gasteiger partial charge in [-0.15, -0.1) is 10.2 Å². The monoisotopic (exact) mass is 387 g/mol. The fraction of sp³-hybridized carbons (Fsp3) is 0.0476. The van der Waals surface area contributed by atoms with Gasteiger partial charge in [0.05, 0.1) is 5.69 Å². The van der Waals surface area contributed by atoms with Crippen LogP contribution in [0.5, 0.6) is 0 Å². The summed E-state index contributed by atoms with van der Waals surface area (Å²) in [5.74, 6) is 0.701. The van der Waals surface area contributed by atoms with Crippen LogP contribution in [0.2, 0.25) is 5.02 Å². The second-order valence-electron chi connectivity index (χ2n) is 6.48. The minimum atomic E-state index is -0.105. The third-order valence-corrected chi connectivity index (χ3v) is 4.94. The first-order valence-electron chi connectivity index (χ1n) is 8.75. The molecule has 0 atom stereocenters. The molecule has 0 fully saturated rings. The Morgan fingerprint density at radius 2 is 1.86 bits per heavy atom. The van der Waals surface area contributed by atoms with Gasteiger partial charge in [-0.1, -0.05) is 35.9 Å². The summed E-state index contributed by atoms with van der Waals surface area (Å²) < 4.78 is 1.74. The first-order chi connectivity index (χ1) is 13.7. The molecule has 3 heterocycles. The molecular formula is C21H14ClN5O. The van der Waals surface area contributed by atoms with E-state index in [1.165, 1.54) is 0 Å². The molecule has 28 heavy (non-hydrogen) atoms. The first kappa shape index (κ1) is 16.6.